The maximum Gasteiger partial charge on any atom is 0.243 e. The molecule has 1 atom stereocenters. The van der Waals surface area contributed by atoms with Crippen LogP contribution in [0.1, 0.15) is 56.2 Å². The first-order valence-corrected chi connectivity index (χ1v) is 13.3. The van der Waals surface area contributed by atoms with Crippen LogP contribution in [0, 0.1) is 0 Å². The second-order valence-electron chi connectivity index (χ2n) is 8.81. The summed E-state index contributed by atoms with van der Waals surface area (Å²) in [7, 11) is -3.45. The van der Waals surface area contributed by atoms with E-state index in [1.807, 2.05) is 54.1 Å². The Kier molecular flexibility index (Phi) is 7.80. The van der Waals surface area contributed by atoms with Gasteiger partial charge >= 0.3 is 0 Å². The van der Waals surface area contributed by atoms with Crippen molar-refractivity contribution >= 4 is 15.9 Å². The van der Waals surface area contributed by atoms with Crippen molar-refractivity contribution in [1.29, 1.82) is 0 Å². The minimum absolute atomic E-state index is 0.0348. The van der Waals surface area contributed by atoms with Crippen molar-refractivity contribution in [1.82, 2.24) is 19.2 Å². The molecule has 1 amide bonds. The lowest BCUT2D eigenvalue weighted by atomic mass is 10.1. The quantitative estimate of drug-likeness (QED) is 0.522. The summed E-state index contributed by atoms with van der Waals surface area (Å²) in [5.41, 5.74) is 2.99. The van der Waals surface area contributed by atoms with E-state index in [4.69, 9.17) is 0 Å². The standard InChI is InChI=1S/C26H32N4O3S/c1-21(23-9-11-24(12-10-23)29-19-16-27-20-29)28-26(31)15-8-22-6-13-25(14-7-22)34(32,33)30-17-4-2-3-5-18-30/h6-7,9-14,16,19-21H,2-5,8,15,17-18H2,1H3,(H,28,31)/t21-/m1/s1. The third-order valence-electron chi connectivity index (χ3n) is 6.34. The van der Waals surface area contributed by atoms with Gasteiger partial charge in [0.2, 0.25) is 15.9 Å². The Morgan fingerprint density at radius 2 is 1.68 bits per heavy atom. The zero-order valence-electron chi connectivity index (χ0n) is 19.6. The molecule has 3 aromatic rings. The van der Waals surface area contributed by atoms with Crippen LogP contribution in [0.3, 0.4) is 0 Å². The highest BCUT2D eigenvalue weighted by molar-refractivity contribution is 7.89. The van der Waals surface area contributed by atoms with Crippen LogP contribution in [0.15, 0.2) is 72.1 Å². The number of hydrogen-bond donors (Lipinski definition) is 1. The highest BCUT2D eigenvalue weighted by Crippen LogP contribution is 2.21. The minimum Gasteiger partial charge on any atom is -0.350 e. The van der Waals surface area contributed by atoms with Crippen molar-refractivity contribution in [2.45, 2.75) is 56.4 Å². The Bertz CT molecular complexity index is 1170. The SMILES string of the molecule is C[C@@H](NC(=O)CCc1ccc(S(=O)(=O)N2CCCCCC2)cc1)c1ccc(-n2ccnc2)cc1. The number of aryl methyl sites for hydroxylation is 1. The van der Waals surface area contributed by atoms with Gasteiger partial charge in [-0.3, -0.25) is 4.79 Å². The molecule has 1 aliphatic rings. The van der Waals surface area contributed by atoms with Crippen LogP contribution < -0.4 is 5.32 Å². The van der Waals surface area contributed by atoms with Gasteiger partial charge in [-0.1, -0.05) is 37.1 Å². The van der Waals surface area contributed by atoms with Gasteiger partial charge in [-0.2, -0.15) is 4.31 Å². The molecule has 180 valence electrons. The van der Waals surface area contributed by atoms with Gasteiger partial charge in [-0.15, -0.1) is 0 Å². The van der Waals surface area contributed by atoms with Crippen LogP contribution in [0.5, 0.6) is 0 Å². The molecule has 8 heteroatoms. The third kappa shape index (κ3) is 5.93. The molecular weight excluding hydrogens is 448 g/mol. The van der Waals surface area contributed by atoms with Crippen LogP contribution in [-0.4, -0.2) is 41.3 Å². The first kappa shape index (κ1) is 24.2. The van der Waals surface area contributed by atoms with Crippen molar-refractivity contribution in [3.05, 3.63) is 78.4 Å². The van der Waals surface area contributed by atoms with E-state index in [-0.39, 0.29) is 11.9 Å². The van der Waals surface area contributed by atoms with Crippen LogP contribution >= 0.6 is 0 Å². The first-order chi connectivity index (χ1) is 16.4. The third-order valence-corrected chi connectivity index (χ3v) is 8.25. The minimum atomic E-state index is -3.45. The van der Waals surface area contributed by atoms with Gasteiger partial charge in [0.1, 0.15) is 0 Å². The molecule has 4 rings (SSSR count). The summed E-state index contributed by atoms with van der Waals surface area (Å²) in [6.07, 6.45) is 10.3. The van der Waals surface area contributed by atoms with E-state index < -0.39 is 10.0 Å². The summed E-state index contributed by atoms with van der Waals surface area (Å²) in [5, 5.41) is 3.04. The summed E-state index contributed by atoms with van der Waals surface area (Å²) >= 11 is 0. The molecule has 1 fully saturated rings. The summed E-state index contributed by atoms with van der Waals surface area (Å²) < 4.78 is 29.4. The molecule has 0 radical (unpaired) electrons. The van der Waals surface area contributed by atoms with Gasteiger partial charge in [0.15, 0.2) is 0 Å². The van der Waals surface area contributed by atoms with Gasteiger partial charge in [-0.05, 0) is 61.6 Å². The molecule has 0 unspecified atom stereocenters. The zero-order valence-corrected chi connectivity index (χ0v) is 20.4. The molecule has 1 aromatic heterocycles. The second kappa shape index (κ2) is 11.0. The number of carbonyl (C=O) groups is 1. The Labute approximate surface area is 201 Å². The average molecular weight is 481 g/mol. The van der Waals surface area contributed by atoms with Gasteiger partial charge in [-0.25, -0.2) is 13.4 Å². The number of carbonyl (C=O) groups excluding carboxylic acids is 1. The van der Waals surface area contributed by atoms with E-state index in [9.17, 15) is 13.2 Å². The average Bonchev–Trinajstić information content (AvgIpc) is 3.24. The number of hydrogen-bond acceptors (Lipinski definition) is 4. The number of amides is 1. The fourth-order valence-electron chi connectivity index (χ4n) is 4.26. The zero-order chi connectivity index (χ0) is 24.0. The van der Waals surface area contributed by atoms with E-state index >= 15 is 0 Å². The normalized spacial score (nSPS) is 16.0. The summed E-state index contributed by atoms with van der Waals surface area (Å²) in [5.74, 6) is -0.0348. The van der Waals surface area contributed by atoms with Gasteiger partial charge < -0.3 is 9.88 Å². The smallest absolute Gasteiger partial charge is 0.243 e. The van der Waals surface area contributed by atoms with Crippen molar-refractivity contribution in [3.8, 4) is 5.69 Å². The molecule has 34 heavy (non-hydrogen) atoms. The van der Waals surface area contributed by atoms with Crippen LogP contribution in [0.2, 0.25) is 0 Å². The lowest BCUT2D eigenvalue weighted by Crippen LogP contribution is -2.31. The first-order valence-electron chi connectivity index (χ1n) is 11.9. The number of aromatic nitrogens is 2. The molecule has 1 aliphatic heterocycles. The van der Waals surface area contributed by atoms with Crippen molar-refractivity contribution in [2.24, 2.45) is 0 Å². The highest BCUT2D eigenvalue weighted by atomic mass is 32.2. The number of sulfonamides is 1. The monoisotopic (exact) mass is 480 g/mol. The maximum absolute atomic E-state index is 12.9. The van der Waals surface area contributed by atoms with Crippen LogP contribution in [-0.2, 0) is 21.2 Å². The Morgan fingerprint density at radius 1 is 1.00 bits per heavy atom. The number of benzene rings is 2. The highest BCUT2D eigenvalue weighted by Gasteiger charge is 2.24. The lowest BCUT2D eigenvalue weighted by Gasteiger charge is -2.20. The summed E-state index contributed by atoms with van der Waals surface area (Å²) in [4.78, 5) is 16.9. The number of rotatable bonds is 8. The molecule has 2 aromatic carbocycles. The Balaban J connectivity index is 1.29. The van der Waals surface area contributed by atoms with E-state index in [0.29, 0.717) is 30.8 Å². The molecule has 2 heterocycles. The molecule has 7 nitrogen and oxygen atoms in total. The van der Waals surface area contributed by atoms with E-state index in [0.717, 1.165) is 42.5 Å². The van der Waals surface area contributed by atoms with E-state index in [2.05, 4.69) is 10.3 Å². The van der Waals surface area contributed by atoms with Gasteiger partial charge in [0.25, 0.3) is 0 Å². The number of imidazole rings is 1. The molecule has 0 saturated carbocycles. The molecule has 1 saturated heterocycles. The van der Waals surface area contributed by atoms with Gasteiger partial charge in [0.05, 0.1) is 17.3 Å². The molecule has 0 bridgehead atoms. The number of nitrogens with zero attached hydrogens (tertiary/aromatic N) is 3. The molecular formula is C26H32N4O3S. The summed E-state index contributed by atoms with van der Waals surface area (Å²) in [6, 6.07) is 14.9. The van der Waals surface area contributed by atoms with Crippen molar-refractivity contribution in [3.63, 3.8) is 0 Å². The largest absolute Gasteiger partial charge is 0.350 e. The lowest BCUT2D eigenvalue weighted by molar-refractivity contribution is -0.121. The van der Waals surface area contributed by atoms with Crippen molar-refractivity contribution < 1.29 is 13.2 Å². The predicted octanol–water partition coefficient (Wildman–Crippen LogP) is 4.25. The predicted molar refractivity (Wildman–Crippen MR) is 132 cm³/mol. The fraction of sp³-hybridized carbons (Fsp3) is 0.385. The Morgan fingerprint density at radius 3 is 2.29 bits per heavy atom. The summed E-state index contributed by atoms with van der Waals surface area (Å²) in [6.45, 7) is 3.15. The second-order valence-corrected chi connectivity index (χ2v) is 10.8. The number of nitrogens with one attached hydrogen (secondary N) is 1. The molecule has 1 N–H and O–H groups in total. The molecule has 0 spiro atoms. The van der Waals surface area contributed by atoms with E-state index in [1.54, 1.807) is 29.0 Å². The Hall–Kier alpha value is -2.97. The van der Waals surface area contributed by atoms with E-state index in [1.165, 1.54) is 0 Å². The van der Waals surface area contributed by atoms with Crippen LogP contribution in [0.25, 0.3) is 5.69 Å². The fourth-order valence-corrected chi connectivity index (χ4v) is 5.78. The topological polar surface area (TPSA) is 84.3 Å². The van der Waals surface area contributed by atoms with Gasteiger partial charge in [0, 0.05) is 37.6 Å². The maximum atomic E-state index is 12.9. The van der Waals surface area contributed by atoms with Crippen LogP contribution in [0.4, 0.5) is 0 Å². The molecule has 0 aliphatic carbocycles. The van der Waals surface area contributed by atoms with Crippen molar-refractivity contribution in [2.75, 3.05) is 13.1 Å².